The van der Waals surface area contributed by atoms with E-state index < -0.39 is 0 Å². The second-order valence-corrected chi connectivity index (χ2v) is 6.71. The van der Waals surface area contributed by atoms with Gasteiger partial charge in [0.15, 0.2) is 0 Å². The highest BCUT2D eigenvalue weighted by Gasteiger charge is 2.39. The van der Waals surface area contributed by atoms with Crippen LogP contribution in [-0.4, -0.2) is 11.8 Å². The molecule has 0 aromatic heterocycles. The Morgan fingerprint density at radius 2 is 1.79 bits per heavy atom. The van der Waals surface area contributed by atoms with Gasteiger partial charge in [-0.1, -0.05) is 30.7 Å². The van der Waals surface area contributed by atoms with E-state index in [1.807, 2.05) is 13.0 Å². The first-order chi connectivity index (χ1) is 11.4. The van der Waals surface area contributed by atoms with Gasteiger partial charge in [-0.25, -0.2) is 0 Å². The van der Waals surface area contributed by atoms with E-state index in [1.54, 1.807) is 36.4 Å². The lowest BCUT2D eigenvalue weighted by Crippen LogP contribution is -2.16. The van der Waals surface area contributed by atoms with Gasteiger partial charge in [0.25, 0.3) is 5.91 Å². The zero-order chi connectivity index (χ0) is 17.3. The second kappa shape index (κ2) is 6.65. The fraction of sp³-hybridized carbons (Fsp3) is 0.263. The molecule has 0 radical (unpaired) electrons. The van der Waals surface area contributed by atoms with Crippen molar-refractivity contribution in [3.05, 3.63) is 58.6 Å². The fourth-order valence-electron chi connectivity index (χ4n) is 2.53. The summed E-state index contributed by atoms with van der Waals surface area (Å²) in [5, 5.41) is 6.29. The SMILES string of the molecule is Cc1ccc(NC(=O)c2cccc(NC(=O)C3CC3C)c2)cc1Cl. The molecule has 2 aromatic rings. The van der Waals surface area contributed by atoms with Crippen molar-refractivity contribution >= 4 is 34.8 Å². The molecule has 5 heteroatoms. The van der Waals surface area contributed by atoms with Crippen molar-refractivity contribution in [1.82, 2.24) is 0 Å². The number of amides is 2. The number of carbonyl (C=O) groups excluding carboxylic acids is 2. The van der Waals surface area contributed by atoms with Crippen molar-refractivity contribution in [2.45, 2.75) is 20.3 Å². The zero-order valence-electron chi connectivity index (χ0n) is 13.6. The molecular weight excluding hydrogens is 324 g/mol. The van der Waals surface area contributed by atoms with Crippen molar-refractivity contribution in [2.75, 3.05) is 10.6 Å². The molecule has 24 heavy (non-hydrogen) atoms. The van der Waals surface area contributed by atoms with Crippen LogP contribution in [0.1, 0.15) is 29.3 Å². The summed E-state index contributed by atoms with van der Waals surface area (Å²) in [4.78, 5) is 24.4. The van der Waals surface area contributed by atoms with Gasteiger partial charge < -0.3 is 10.6 Å². The Bertz CT molecular complexity index is 804. The largest absolute Gasteiger partial charge is 0.326 e. The standard InChI is InChI=1S/C19H19ClN2O2/c1-11-6-7-15(10-17(11)20)21-18(23)13-4-3-5-14(9-13)22-19(24)16-8-12(16)2/h3-7,9-10,12,16H,8H2,1-2H3,(H,21,23)(H,22,24). The maximum atomic E-state index is 12.4. The molecule has 1 aliphatic carbocycles. The van der Waals surface area contributed by atoms with Crippen LogP contribution in [-0.2, 0) is 4.79 Å². The average Bonchev–Trinajstić information content (AvgIpc) is 3.28. The lowest BCUT2D eigenvalue weighted by Gasteiger charge is -2.09. The molecule has 0 saturated heterocycles. The van der Waals surface area contributed by atoms with Crippen molar-refractivity contribution < 1.29 is 9.59 Å². The highest BCUT2D eigenvalue weighted by atomic mass is 35.5. The van der Waals surface area contributed by atoms with Crippen molar-refractivity contribution in [3.8, 4) is 0 Å². The molecule has 0 aliphatic heterocycles. The van der Waals surface area contributed by atoms with Gasteiger partial charge in [-0.05, 0) is 55.2 Å². The minimum atomic E-state index is -0.245. The third kappa shape index (κ3) is 3.77. The van der Waals surface area contributed by atoms with Gasteiger partial charge >= 0.3 is 0 Å². The summed E-state index contributed by atoms with van der Waals surface area (Å²) in [5.74, 6) is 0.316. The van der Waals surface area contributed by atoms with Crippen LogP contribution in [0, 0.1) is 18.8 Å². The normalized spacial score (nSPS) is 18.8. The lowest BCUT2D eigenvalue weighted by molar-refractivity contribution is -0.117. The van der Waals surface area contributed by atoms with Crippen LogP contribution in [0.25, 0.3) is 0 Å². The summed E-state index contributed by atoms with van der Waals surface area (Å²) in [6.45, 7) is 3.96. The predicted molar refractivity (Wildman–Crippen MR) is 96.5 cm³/mol. The van der Waals surface area contributed by atoms with Crippen molar-refractivity contribution in [2.24, 2.45) is 11.8 Å². The molecule has 3 rings (SSSR count). The molecule has 0 heterocycles. The minimum Gasteiger partial charge on any atom is -0.326 e. The Hall–Kier alpha value is -2.33. The molecule has 1 saturated carbocycles. The fourth-order valence-corrected chi connectivity index (χ4v) is 2.71. The van der Waals surface area contributed by atoms with Gasteiger partial charge in [-0.3, -0.25) is 9.59 Å². The first-order valence-electron chi connectivity index (χ1n) is 7.92. The van der Waals surface area contributed by atoms with Gasteiger partial charge in [0.2, 0.25) is 5.91 Å². The Morgan fingerprint density at radius 1 is 1.08 bits per heavy atom. The van der Waals surface area contributed by atoms with Gasteiger partial charge in [0, 0.05) is 27.9 Å². The number of hydrogen-bond acceptors (Lipinski definition) is 2. The van der Waals surface area contributed by atoms with Crippen LogP contribution in [0.2, 0.25) is 5.02 Å². The Morgan fingerprint density at radius 3 is 2.46 bits per heavy atom. The van der Waals surface area contributed by atoms with E-state index in [2.05, 4.69) is 17.6 Å². The molecule has 2 atom stereocenters. The van der Waals surface area contributed by atoms with E-state index >= 15 is 0 Å². The molecule has 0 bridgehead atoms. The lowest BCUT2D eigenvalue weighted by atomic mass is 10.1. The number of rotatable bonds is 4. The molecule has 2 N–H and O–H groups in total. The van der Waals surface area contributed by atoms with E-state index in [9.17, 15) is 9.59 Å². The molecular formula is C19H19ClN2O2. The van der Waals surface area contributed by atoms with Crippen LogP contribution in [0.4, 0.5) is 11.4 Å². The second-order valence-electron chi connectivity index (χ2n) is 6.31. The molecule has 2 unspecified atom stereocenters. The Balaban J connectivity index is 1.69. The highest BCUT2D eigenvalue weighted by molar-refractivity contribution is 6.31. The molecule has 2 aromatic carbocycles. The summed E-state index contributed by atoms with van der Waals surface area (Å²) in [5.41, 5.74) is 2.70. The minimum absolute atomic E-state index is 0.0189. The highest BCUT2D eigenvalue weighted by Crippen LogP contribution is 2.38. The first-order valence-corrected chi connectivity index (χ1v) is 8.30. The summed E-state index contributed by atoms with van der Waals surface area (Å²) in [6, 6.07) is 12.3. The summed E-state index contributed by atoms with van der Waals surface area (Å²) >= 11 is 6.07. The third-order valence-corrected chi connectivity index (χ3v) is 4.68. The smallest absolute Gasteiger partial charge is 0.255 e. The van der Waals surface area contributed by atoms with Crippen molar-refractivity contribution in [3.63, 3.8) is 0 Å². The molecule has 0 spiro atoms. The quantitative estimate of drug-likeness (QED) is 0.859. The maximum Gasteiger partial charge on any atom is 0.255 e. The molecule has 2 amide bonds. The zero-order valence-corrected chi connectivity index (χ0v) is 14.4. The van der Waals surface area contributed by atoms with Gasteiger partial charge in [-0.2, -0.15) is 0 Å². The average molecular weight is 343 g/mol. The van der Waals surface area contributed by atoms with Crippen LogP contribution in [0.15, 0.2) is 42.5 Å². The number of hydrogen-bond donors (Lipinski definition) is 2. The first kappa shape index (κ1) is 16.5. The van der Waals surface area contributed by atoms with E-state index in [4.69, 9.17) is 11.6 Å². The topological polar surface area (TPSA) is 58.2 Å². The van der Waals surface area contributed by atoms with Crippen LogP contribution in [0.5, 0.6) is 0 Å². The third-order valence-electron chi connectivity index (χ3n) is 4.27. The molecule has 1 aliphatic rings. The van der Waals surface area contributed by atoms with E-state index in [-0.39, 0.29) is 17.7 Å². The number of halogens is 1. The molecule has 4 nitrogen and oxygen atoms in total. The monoisotopic (exact) mass is 342 g/mol. The van der Waals surface area contributed by atoms with Crippen molar-refractivity contribution in [1.29, 1.82) is 0 Å². The Kier molecular flexibility index (Phi) is 4.58. The maximum absolute atomic E-state index is 12.4. The van der Waals surface area contributed by atoms with E-state index in [0.717, 1.165) is 12.0 Å². The number of aryl methyl sites for hydroxylation is 1. The van der Waals surface area contributed by atoms with Gasteiger partial charge in [0.05, 0.1) is 0 Å². The predicted octanol–water partition coefficient (Wildman–Crippen LogP) is 4.50. The Labute approximate surface area is 146 Å². The summed E-state index contributed by atoms with van der Waals surface area (Å²) < 4.78 is 0. The number of carbonyl (C=O) groups is 2. The van der Waals surface area contributed by atoms with Gasteiger partial charge in [0.1, 0.15) is 0 Å². The number of nitrogens with one attached hydrogen (secondary N) is 2. The van der Waals surface area contributed by atoms with Gasteiger partial charge in [-0.15, -0.1) is 0 Å². The molecule has 1 fully saturated rings. The van der Waals surface area contributed by atoms with Crippen LogP contribution < -0.4 is 10.6 Å². The number of benzene rings is 2. The molecule has 124 valence electrons. The summed E-state index contributed by atoms with van der Waals surface area (Å²) in [6.07, 6.45) is 0.931. The van der Waals surface area contributed by atoms with E-state index in [0.29, 0.717) is 27.9 Å². The number of anilines is 2. The van der Waals surface area contributed by atoms with E-state index in [1.165, 1.54) is 0 Å². The van der Waals surface area contributed by atoms with Crippen LogP contribution in [0.3, 0.4) is 0 Å². The van der Waals surface area contributed by atoms with Crippen LogP contribution >= 0.6 is 11.6 Å². The summed E-state index contributed by atoms with van der Waals surface area (Å²) in [7, 11) is 0.